The van der Waals surface area contributed by atoms with Crippen LogP contribution in [0.3, 0.4) is 0 Å². The first-order chi connectivity index (χ1) is 16.6. The van der Waals surface area contributed by atoms with Gasteiger partial charge in [0.05, 0.1) is 23.7 Å². The lowest BCUT2D eigenvalue weighted by molar-refractivity contribution is -0.118. The number of amides is 2. The Morgan fingerprint density at radius 1 is 1.09 bits per heavy atom. The Labute approximate surface area is 194 Å². The van der Waals surface area contributed by atoms with E-state index < -0.39 is 23.7 Å². The number of benzene rings is 3. The van der Waals surface area contributed by atoms with Gasteiger partial charge in [-0.15, -0.1) is 0 Å². The van der Waals surface area contributed by atoms with Crippen molar-refractivity contribution in [2.45, 2.75) is 12.0 Å². The molecule has 2 heterocycles. The number of hydrogen-bond donors (Lipinski definition) is 2. The largest absolute Gasteiger partial charge is 0.325 e. The van der Waals surface area contributed by atoms with Crippen LogP contribution in [0.25, 0.3) is 0 Å². The highest BCUT2D eigenvalue weighted by Gasteiger charge is 2.45. The molecule has 166 valence electrons. The van der Waals surface area contributed by atoms with E-state index in [1.165, 1.54) is 12.1 Å². The molecule has 7 nitrogen and oxygen atoms in total. The summed E-state index contributed by atoms with van der Waals surface area (Å²) in [7, 11) is 0. The molecule has 0 fully saturated rings. The van der Waals surface area contributed by atoms with Gasteiger partial charge in [0.25, 0.3) is 5.91 Å². The Kier molecular flexibility index (Phi) is 5.36. The number of nitriles is 1. The SMILES string of the molecule is N#Cc1cc(NC(=O)[C@H]2c3ccccc3C(=O)N(c3ccccc3)[C@@H]2c2cn[nH]c2)ccc1F. The van der Waals surface area contributed by atoms with Crippen LogP contribution in [0.1, 0.15) is 39.0 Å². The van der Waals surface area contributed by atoms with Crippen LogP contribution in [0, 0.1) is 17.1 Å². The molecule has 34 heavy (non-hydrogen) atoms. The highest BCUT2D eigenvalue weighted by molar-refractivity contribution is 6.12. The van der Waals surface area contributed by atoms with Crippen molar-refractivity contribution in [1.82, 2.24) is 10.2 Å². The van der Waals surface area contributed by atoms with Gasteiger partial charge in [0, 0.05) is 28.7 Å². The second kappa shape index (κ2) is 8.64. The molecule has 0 saturated heterocycles. The average Bonchev–Trinajstić information content (AvgIpc) is 3.40. The van der Waals surface area contributed by atoms with Crippen LogP contribution < -0.4 is 10.2 Å². The van der Waals surface area contributed by atoms with E-state index in [0.717, 1.165) is 6.07 Å². The zero-order chi connectivity index (χ0) is 23.7. The van der Waals surface area contributed by atoms with Gasteiger partial charge in [0.1, 0.15) is 11.9 Å². The molecule has 0 bridgehead atoms. The summed E-state index contributed by atoms with van der Waals surface area (Å²) in [4.78, 5) is 29.0. The third-order valence-corrected chi connectivity index (χ3v) is 5.87. The number of nitrogens with one attached hydrogen (secondary N) is 2. The Morgan fingerprint density at radius 2 is 1.85 bits per heavy atom. The van der Waals surface area contributed by atoms with Crippen LogP contribution in [0.4, 0.5) is 15.8 Å². The van der Waals surface area contributed by atoms with E-state index in [2.05, 4.69) is 15.5 Å². The van der Waals surface area contributed by atoms with Gasteiger partial charge < -0.3 is 5.32 Å². The first-order valence-electron chi connectivity index (χ1n) is 10.5. The monoisotopic (exact) mass is 451 g/mol. The van der Waals surface area contributed by atoms with Crippen molar-refractivity contribution in [1.29, 1.82) is 5.26 Å². The van der Waals surface area contributed by atoms with Gasteiger partial charge in [-0.05, 0) is 42.0 Å². The summed E-state index contributed by atoms with van der Waals surface area (Å²) in [6, 6.07) is 21.0. The van der Waals surface area contributed by atoms with Crippen molar-refractivity contribution >= 4 is 23.2 Å². The van der Waals surface area contributed by atoms with Crippen LogP contribution in [-0.2, 0) is 4.79 Å². The molecule has 2 amide bonds. The Hall–Kier alpha value is -4.77. The number of nitrogens with zero attached hydrogens (tertiary/aromatic N) is 3. The van der Waals surface area contributed by atoms with E-state index in [1.807, 2.05) is 30.3 Å². The second-order valence-corrected chi connectivity index (χ2v) is 7.85. The summed E-state index contributed by atoms with van der Waals surface area (Å²) in [6.45, 7) is 0. The maximum absolute atomic E-state index is 13.8. The number of halogens is 1. The summed E-state index contributed by atoms with van der Waals surface area (Å²) in [6.07, 6.45) is 3.25. The van der Waals surface area contributed by atoms with Gasteiger partial charge in [-0.1, -0.05) is 36.4 Å². The maximum atomic E-state index is 13.8. The fourth-order valence-electron chi connectivity index (χ4n) is 4.36. The first kappa shape index (κ1) is 21.1. The van der Waals surface area contributed by atoms with E-state index in [9.17, 15) is 14.0 Å². The lowest BCUT2D eigenvalue weighted by Gasteiger charge is -2.41. The number of para-hydroxylation sites is 1. The maximum Gasteiger partial charge on any atom is 0.259 e. The molecule has 1 aliphatic heterocycles. The van der Waals surface area contributed by atoms with Gasteiger partial charge in [-0.3, -0.25) is 19.6 Å². The molecule has 8 heteroatoms. The lowest BCUT2D eigenvalue weighted by atomic mass is 9.79. The molecular formula is C26H18FN5O2. The smallest absolute Gasteiger partial charge is 0.259 e. The molecule has 2 N–H and O–H groups in total. The predicted molar refractivity (Wildman–Crippen MR) is 124 cm³/mol. The van der Waals surface area contributed by atoms with Crippen LogP contribution in [-0.4, -0.2) is 22.0 Å². The molecule has 0 aliphatic carbocycles. The number of rotatable bonds is 4. The van der Waals surface area contributed by atoms with Crippen molar-refractivity contribution in [3.63, 3.8) is 0 Å². The fourth-order valence-corrected chi connectivity index (χ4v) is 4.36. The molecule has 0 saturated carbocycles. The van der Waals surface area contributed by atoms with Crippen molar-refractivity contribution in [3.05, 3.63) is 113 Å². The van der Waals surface area contributed by atoms with Crippen LogP contribution in [0.2, 0.25) is 0 Å². The first-order valence-corrected chi connectivity index (χ1v) is 10.5. The molecule has 3 aromatic carbocycles. The lowest BCUT2D eigenvalue weighted by Crippen LogP contribution is -2.46. The number of carbonyl (C=O) groups excluding carboxylic acids is 2. The molecule has 1 aliphatic rings. The minimum atomic E-state index is -0.803. The van der Waals surface area contributed by atoms with E-state index in [0.29, 0.717) is 22.4 Å². The second-order valence-electron chi connectivity index (χ2n) is 7.85. The molecule has 5 rings (SSSR count). The topological polar surface area (TPSA) is 102 Å². The summed E-state index contributed by atoms with van der Waals surface area (Å²) in [5.74, 6) is -2.10. The quantitative estimate of drug-likeness (QED) is 0.475. The number of carbonyl (C=O) groups is 2. The Morgan fingerprint density at radius 3 is 2.59 bits per heavy atom. The molecular weight excluding hydrogens is 433 g/mol. The van der Waals surface area contributed by atoms with E-state index in [1.54, 1.807) is 47.6 Å². The van der Waals surface area contributed by atoms with Gasteiger partial charge in [0.15, 0.2) is 0 Å². The highest BCUT2D eigenvalue weighted by Crippen LogP contribution is 2.45. The summed E-state index contributed by atoms with van der Waals surface area (Å²) >= 11 is 0. The predicted octanol–water partition coefficient (Wildman–Crippen LogP) is 4.54. The number of H-pyrrole nitrogens is 1. The van der Waals surface area contributed by atoms with E-state index in [4.69, 9.17) is 5.26 Å². The summed E-state index contributed by atoms with van der Waals surface area (Å²) < 4.78 is 13.8. The van der Waals surface area contributed by atoms with Crippen molar-refractivity contribution in [2.75, 3.05) is 10.2 Å². The minimum Gasteiger partial charge on any atom is -0.325 e. The molecule has 2 atom stereocenters. The number of hydrogen-bond acceptors (Lipinski definition) is 4. The van der Waals surface area contributed by atoms with Crippen LogP contribution in [0.5, 0.6) is 0 Å². The third kappa shape index (κ3) is 3.59. The van der Waals surface area contributed by atoms with Crippen LogP contribution in [0.15, 0.2) is 85.2 Å². The Bertz CT molecular complexity index is 1410. The van der Waals surface area contributed by atoms with Gasteiger partial charge >= 0.3 is 0 Å². The summed E-state index contributed by atoms with van der Waals surface area (Å²) in [5.41, 5.74) is 2.40. The Balaban J connectivity index is 1.65. The van der Waals surface area contributed by atoms with Crippen molar-refractivity contribution in [3.8, 4) is 6.07 Å². The fraction of sp³-hybridized carbons (Fsp3) is 0.0769. The zero-order valence-electron chi connectivity index (χ0n) is 17.8. The minimum absolute atomic E-state index is 0.172. The molecule has 0 spiro atoms. The normalized spacial score (nSPS) is 17.1. The molecule has 4 aromatic rings. The zero-order valence-corrected chi connectivity index (χ0v) is 17.8. The molecule has 0 radical (unpaired) electrons. The van der Waals surface area contributed by atoms with E-state index >= 15 is 0 Å². The van der Waals surface area contributed by atoms with Gasteiger partial charge in [0.2, 0.25) is 5.91 Å². The highest BCUT2D eigenvalue weighted by atomic mass is 19.1. The standard InChI is InChI=1S/C26H18FN5O2/c27-22-11-10-18(12-16(22)13-28)31-25(33)23-20-8-4-5-9-21(20)26(34)32(19-6-2-1-3-7-19)24(23)17-14-29-30-15-17/h1-12,14-15,23-24H,(H,29,30)(H,31,33)/t23-,24+/m0/s1. The van der Waals surface area contributed by atoms with Gasteiger partial charge in [-0.2, -0.15) is 10.4 Å². The molecule has 0 unspecified atom stereocenters. The van der Waals surface area contributed by atoms with E-state index in [-0.39, 0.29) is 17.2 Å². The van der Waals surface area contributed by atoms with Gasteiger partial charge in [-0.25, -0.2) is 4.39 Å². The number of aromatic amines is 1. The number of anilines is 2. The number of aromatic nitrogens is 2. The molecule has 1 aromatic heterocycles. The average molecular weight is 451 g/mol. The third-order valence-electron chi connectivity index (χ3n) is 5.87. The van der Waals surface area contributed by atoms with Crippen molar-refractivity contribution in [2.24, 2.45) is 0 Å². The van der Waals surface area contributed by atoms with Crippen LogP contribution >= 0.6 is 0 Å². The number of fused-ring (bicyclic) bond motifs is 1. The van der Waals surface area contributed by atoms with Crippen molar-refractivity contribution < 1.29 is 14.0 Å². The summed E-state index contributed by atoms with van der Waals surface area (Å²) in [5, 5.41) is 18.8.